The molecule has 1 aliphatic heterocycles. The van der Waals surface area contributed by atoms with Gasteiger partial charge in [-0.25, -0.2) is 8.42 Å². The van der Waals surface area contributed by atoms with Gasteiger partial charge in [-0.2, -0.15) is 4.31 Å². The highest BCUT2D eigenvalue weighted by Gasteiger charge is 2.31. The first-order valence-corrected chi connectivity index (χ1v) is 11.2. The fraction of sp³-hybridized carbons (Fsp3) is 0.312. The Hall–Kier alpha value is -1.13. The Bertz CT molecular complexity index is 895. The molecule has 26 heavy (non-hydrogen) atoms. The van der Waals surface area contributed by atoms with E-state index in [1.54, 1.807) is 17.0 Å². The van der Waals surface area contributed by atoms with Gasteiger partial charge >= 0.3 is 0 Å². The van der Waals surface area contributed by atoms with E-state index in [1.165, 1.54) is 10.4 Å². The first-order valence-electron chi connectivity index (χ1n) is 7.78. The van der Waals surface area contributed by atoms with Crippen molar-refractivity contribution in [2.24, 2.45) is 0 Å². The summed E-state index contributed by atoms with van der Waals surface area (Å²) in [6.45, 7) is 1.07. The van der Waals surface area contributed by atoms with Crippen molar-refractivity contribution in [3.63, 3.8) is 0 Å². The second-order valence-corrected chi connectivity index (χ2v) is 10.3. The molecular formula is C16H16BrClN2O4S2. The van der Waals surface area contributed by atoms with E-state index in [0.29, 0.717) is 23.2 Å². The molecule has 2 heterocycles. The topological polar surface area (TPSA) is 66.9 Å². The molecule has 0 bridgehead atoms. The summed E-state index contributed by atoms with van der Waals surface area (Å²) >= 11 is 10.2. The van der Waals surface area contributed by atoms with Crippen molar-refractivity contribution in [1.29, 1.82) is 0 Å². The Labute approximate surface area is 169 Å². The summed E-state index contributed by atoms with van der Waals surface area (Å²) in [5.41, 5.74) is 0. The molecule has 0 unspecified atom stereocenters. The van der Waals surface area contributed by atoms with Crippen LogP contribution >= 0.6 is 38.9 Å². The summed E-state index contributed by atoms with van der Waals surface area (Å²) in [5, 5.41) is 0. The number of hydrogen-bond acceptors (Lipinski definition) is 5. The molecule has 0 radical (unpaired) electrons. The highest BCUT2D eigenvalue weighted by Crippen LogP contribution is 2.28. The maximum atomic E-state index is 12.6. The predicted molar refractivity (Wildman–Crippen MR) is 104 cm³/mol. The highest BCUT2D eigenvalue weighted by molar-refractivity contribution is 9.10. The molecule has 2 aromatic rings. The minimum Gasteiger partial charge on any atom is -0.483 e. The number of nitrogens with zero attached hydrogens (tertiary/aromatic N) is 2. The average molecular weight is 480 g/mol. The fourth-order valence-corrected chi connectivity index (χ4v) is 5.99. The molecule has 0 atom stereocenters. The van der Waals surface area contributed by atoms with Crippen molar-refractivity contribution in [3.05, 3.63) is 45.2 Å². The van der Waals surface area contributed by atoms with Crippen LogP contribution in [0, 0.1) is 0 Å². The lowest BCUT2D eigenvalue weighted by Gasteiger charge is -2.33. The molecule has 0 spiro atoms. The van der Waals surface area contributed by atoms with Gasteiger partial charge in [-0.1, -0.05) is 23.7 Å². The van der Waals surface area contributed by atoms with Crippen LogP contribution in [0.15, 0.2) is 45.1 Å². The van der Waals surface area contributed by atoms with Crippen LogP contribution in [0.3, 0.4) is 0 Å². The normalized spacial score (nSPS) is 15.8. The van der Waals surface area contributed by atoms with Crippen LogP contribution < -0.4 is 4.74 Å². The summed E-state index contributed by atoms with van der Waals surface area (Å²) < 4.78 is 33.5. The van der Waals surface area contributed by atoms with Crippen LogP contribution in [-0.4, -0.2) is 56.3 Å². The largest absolute Gasteiger partial charge is 0.483 e. The number of sulfonamides is 1. The summed E-state index contributed by atoms with van der Waals surface area (Å²) in [5.74, 6) is 0.425. The molecule has 1 aliphatic rings. The van der Waals surface area contributed by atoms with E-state index in [0.717, 1.165) is 15.8 Å². The number of carbonyl (C=O) groups excluding carboxylic acids is 1. The van der Waals surface area contributed by atoms with Crippen molar-refractivity contribution in [1.82, 2.24) is 9.21 Å². The third-order valence-electron chi connectivity index (χ3n) is 3.92. The van der Waals surface area contributed by atoms with Gasteiger partial charge < -0.3 is 9.64 Å². The number of hydrogen-bond donors (Lipinski definition) is 0. The van der Waals surface area contributed by atoms with Crippen LogP contribution in [-0.2, 0) is 14.8 Å². The molecule has 10 heteroatoms. The third-order valence-corrected chi connectivity index (χ3v) is 8.17. The summed E-state index contributed by atoms with van der Waals surface area (Å²) in [6.07, 6.45) is 0. The van der Waals surface area contributed by atoms with Crippen molar-refractivity contribution in [2.75, 3.05) is 32.8 Å². The average Bonchev–Trinajstić information content (AvgIpc) is 3.08. The van der Waals surface area contributed by atoms with Gasteiger partial charge in [0.2, 0.25) is 0 Å². The van der Waals surface area contributed by atoms with Gasteiger partial charge in [0.15, 0.2) is 6.61 Å². The number of rotatable bonds is 5. The van der Waals surface area contributed by atoms with Gasteiger partial charge in [-0.05, 0) is 40.2 Å². The zero-order chi connectivity index (χ0) is 18.7. The molecule has 6 nitrogen and oxygen atoms in total. The molecular weight excluding hydrogens is 464 g/mol. The minimum absolute atomic E-state index is 0.0874. The number of benzene rings is 1. The Kier molecular flexibility index (Phi) is 6.24. The van der Waals surface area contributed by atoms with Gasteiger partial charge in [0.25, 0.3) is 15.9 Å². The molecule has 1 aromatic carbocycles. The van der Waals surface area contributed by atoms with E-state index in [9.17, 15) is 13.2 Å². The third kappa shape index (κ3) is 4.40. The van der Waals surface area contributed by atoms with Crippen molar-refractivity contribution in [3.8, 4) is 5.75 Å². The Morgan fingerprint density at radius 3 is 2.46 bits per heavy atom. The van der Waals surface area contributed by atoms with Gasteiger partial charge in [0, 0.05) is 26.2 Å². The molecule has 0 saturated carbocycles. The Morgan fingerprint density at radius 1 is 1.15 bits per heavy atom. The lowest BCUT2D eigenvalue weighted by molar-refractivity contribution is -0.134. The number of amides is 1. The molecule has 1 saturated heterocycles. The van der Waals surface area contributed by atoms with Crippen LogP contribution in [0.25, 0.3) is 0 Å². The molecule has 1 fully saturated rings. The number of halogens is 2. The summed E-state index contributed by atoms with van der Waals surface area (Å²) in [6, 6.07) is 10.4. The van der Waals surface area contributed by atoms with E-state index in [2.05, 4.69) is 15.9 Å². The molecule has 1 aromatic heterocycles. The van der Waals surface area contributed by atoms with E-state index < -0.39 is 10.0 Å². The molecule has 1 amide bonds. The monoisotopic (exact) mass is 478 g/mol. The van der Waals surface area contributed by atoms with Crippen LogP contribution in [0.2, 0.25) is 4.34 Å². The first kappa shape index (κ1) is 19.6. The van der Waals surface area contributed by atoms with Crippen molar-refractivity contribution in [2.45, 2.75) is 4.21 Å². The minimum atomic E-state index is -3.56. The molecule has 3 rings (SSSR count). The quantitative estimate of drug-likeness (QED) is 0.661. The molecule has 0 aliphatic carbocycles. The second kappa shape index (κ2) is 8.26. The molecule has 140 valence electrons. The van der Waals surface area contributed by atoms with E-state index in [4.69, 9.17) is 16.3 Å². The fourth-order valence-electron chi connectivity index (χ4n) is 2.53. The number of ether oxygens (including phenoxy) is 1. The second-order valence-electron chi connectivity index (χ2n) is 5.56. The first-order chi connectivity index (χ1) is 12.4. The Balaban J connectivity index is 1.55. The zero-order valence-corrected chi connectivity index (χ0v) is 17.6. The van der Waals surface area contributed by atoms with Crippen molar-refractivity contribution < 1.29 is 17.9 Å². The lowest BCUT2D eigenvalue weighted by Crippen LogP contribution is -2.51. The highest BCUT2D eigenvalue weighted by atomic mass is 79.9. The van der Waals surface area contributed by atoms with E-state index >= 15 is 0 Å². The van der Waals surface area contributed by atoms with E-state index in [-0.39, 0.29) is 29.8 Å². The summed E-state index contributed by atoms with van der Waals surface area (Å²) in [7, 11) is -3.56. The standard InChI is InChI=1S/C16H16BrClN2O4S2/c17-12-3-1-2-4-13(12)24-11-15(21)19-7-9-20(10-8-19)26(22,23)16-6-5-14(18)25-16/h1-6H,7-11H2. The van der Waals surface area contributed by atoms with Gasteiger partial charge in [-0.15, -0.1) is 11.3 Å². The van der Waals surface area contributed by atoms with E-state index in [1.807, 2.05) is 18.2 Å². The van der Waals surface area contributed by atoms with Crippen LogP contribution in [0.5, 0.6) is 5.75 Å². The SMILES string of the molecule is O=C(COc1ccccc1Br)N1CCN(S(=O)(=O)c2ccc(Cl)s2)CC1. The number of thiophene rings is 1. The maximum Gasteiger partial charge on any atom is 0.260 e. The van der Waals surface area contributed by atoms with Gasteiger partial charge in [0.1, 0.15) is 9.96 Å². The number of para-hydroxylation sites is 1. The summed E-state index contributed by atoms with van der Waals surface area (Å²) in [4.78, 5) is 13.9. The van der Waals surface area contributed by atoms with Gasteiger partial charge in [-0.3, -0.25) is 4.79 Å². The number of carbonyl (C=O) groups is 1. The Morgan fingerprint density at radius 2 is 1.85 bits per heavy atom. The smallest absolute Gasteiger partial charge is 0.260 e. The van der Waals surface area contributed by atoms with Crippen molar-refractivity contribution >= 4 is 54.8 Å². The lowest BCUT2D eigenvalue weighted by atomic mass is 10.3. The zero-order valence-electron chi connectivity index (χ0n) is 13.6. The maximum absolute atomic E-state index is 12.6. The molecule has 0 N–H and O–H groups in total. The van der Waals surface area contributed by atoms with Gasteiger partial charge in [0.05, 0.1) is 8.81 Å². The van der Waals surface area contributed by atoms with Crippen LogP contribution in [0.1, 0.15) is 0 Å². The van der Waals surface area contributed by atoms with Crippen LogP contribution in [0.4, 0.5) is 0 Å². The number of piperazine rings is 1. The predicted octanol–water partition coefficient (Wildman–Crippen LogP) is 3.08.